The van der Waals surface area contributed by atoms with Gasteiger partial charge in [-0.2, -0.15) is 5.26 Å². The lowest BCUT2D eigenvalue weighted by molar-refractivity contribution is 0.962. The molecule has 92 valence electrons. The molecular formula is C15H17N3. The van der Waals surface area contributed by atoms with Gasteiger partial charge in [-0.05, 0) is 44.2 Å². The Morgan fingerprint density at radius 2 is 1.72 bits per heavy atom. The second-order valence-electron chi connectivity index (χ2n) is 4.64. The van der Waals surface area contributed by atoms with Gasteiger partial charge in [-0.3, -0.25) is 0 Å². The summed E-state index contributed by atoms with van der Waals surface area (Å²) >= 11 is 0. The largest absolute Gasteiger partial charge is 0.378 e. The highest BCUT2D eigenvalue weighted by Gasteiger charge is 2.10. The van der Waals surface area contributed by atoms with Crippen molar-refractivity contribution >= 4 is 5.69 Å². The Balaban J connectivity index is 2.50. The maximum atomic E-state index is 9.05. The van der Waals surface area contributed by atoms with Gasteiger partial charge in [0.2, 0.25) is 0 Å². The van der Waals surface area contributed by atoms with Gasteiger partial charge in [0.1, 0.15) is 6.07 Å². The average Bonchev–Trinajstić information content (AvgIpc) is 2.64. The van der Waals surface area contributed by atoms with Crippen molar-refractivity contribution in [3.8, 4) is 11.8 Å². The third-order valence-electron chi connectivity index (χ3n) is 3.18. The molecule has 0 radical (unpaired) electrons. The van der Waals surface area contributed by atoms with Crippen LogP contribution in [0.4, 0.5) is 5.69 Å². The summed E-state index contributed by atoms with van der Waals surface area (Å²) < 4.78 is 2.11. The Labute approximate surface area is 108 Å². The Morgan fingerprint density at radius 1 is 1.11 bits per heavy atom. The fraction of sp³-hybridized carbons (Fsp3) is 0.267. The topological polar surface area (TPSA) is 32.0 Å². The lowest BCUT2D eigenvalue weighted by atomic mass is 10.2. The zero-order chi connectivity index (χ0) is 13.3. The van der Waals surface area contributed by atoms with Gasteiger partial charge < -0.3 is 9.47 Å². The molecule has 0 unspecified atom stereocenters. The van der Waals surface area contributed by atoms with Crippen LogP contribution in [0, 0.1) is 25.2 Å². The first-order chi connectivity index (χ1) is 8.54. The molecule has 18 heavy (non-hydrogen) atoms. The Bertz CT molecular complexity index is 598. The van der Waals surface area contributed by atoms with Crippen molar-refractivity contribution in [3.63, 3.8) is 0 Å². The molecule has 3 heteroatoms. The molecule has 0 aliphatic heterocycles. The van der Waals surface area contributed by atoms with Crippen LogP contribution in [-0.4, -0.2) is 18.7 Å². The van der Waals surface area contributed by atoms with E-state index < -0.39 is 0 Å². The molecule has 0 saturated heterocycles. The quantitative estimate of drug-likeness (QED) is 0.806. The molecule has 0 N–H and O–H groups in total. The molecule has 1 aromatic carbocycles. The number of nitrogens with zero attached hydrogens (tertiary/aromatic N) is 3. The molecular weight excluding hydrogens is 222 g/mol. The smallest absolute Gasteiger partial charge is 0.101 e. The number of anilines is 1. The predicted octanol–water partition coefficient (Wildman–Crippen LogP) is 3.03. The highest BCUT2D eigenvalue weighted by atomic mass is 15.1. The summed E-state index contributed by atoms with van der Waals surface area (Å²) in [5, 5.41) is 9.05. The molecule has 1 aromatic heterocycles. The van der Waals surface area contributed by atoms with Crippen molar-refractivity contribution in [1.29, 1.82) is 5.26 Å². The van der Waals surface area contributed by atoms with Crippen molar-refractivity contribution in [2.75, 3.05) is 19.0 Å². The van der Waals surface area contributed by atoms with Gasteiger partial charge in [-0.15, -0.1) is 0 Å². The Hall–Kier alpha value is -2.21. The van der Waals surface area contributed by atoms with E-state index in [1.165, 1.54) is 5.69 Å². The number of nitriles is 1. The van der Waals surface area contributed by atoms with Crippen molar-refractivity contribution < 1.29 is 0 Å². The lowest BCUT2D eigenvalue weighted by Crippen LogP contribution is -2.08. The highest BCUT2D eigenvalue weighted by molar-refractivity contribution is 5.52. The van der Waals surface area contributed by atoms with E-state index in [1.807, 2.05) is 34.0 Å². The number of aromatic nitrogens is 1. The monoisotopic (exact) mass is 239 g/mol. The third kappa shape index (κ3) is 1.98. The summed E-state index contributed by atoms with van der Waals surface area (Å²) in [4.78, 5) is 2.07. The molecule has 0 amide bonds. The van der Waals surface area contributed by atoms with E-state index in [4.69, 9.17) is 5.26 Å². The average molecular weight is 239 g/mol. The molecule has 2 rings (SSSR count). The molecule has 0 bridgehead atoms. The van der Waals surface area contributed by atoms with Crippen LogP contribution in [0.5, 0.6) is 0 Å². The maximum Gasteiger partial charge on any atom is 0.101 e. The molecule has 1 heterocycles. The Morgan fingerprint density at radius 3 is 2.17 bits per heavy atom. The van der Waals surface area contributed by atoms with E-state index in [2.05, 4.69) is 39.8 Å². The normalized spacial score (nSPS) is 10.2. The van der Waals surface area contributed by atoms with Crippen LogP contribution < -0.4 is 4.90 Å². The van der Waals surface area contributed by atoms with E-state index in [0.717, 1.165) is 22.6 Å². The molecule has 0 saturated carbocycles. The first kappa shape index (κ1) is 12.3. The fourth-order valence-corrected chi connectivity index (χ4v) is 2.17. The number of hydrogen-bond acceptors (Lipinski definition) is 2. The van der Waals surface area contributed by atoms with Gasteiger partial charge in [0.25, 0.3) is 0 Å². The zero-order valence-corrected chi connectivity index (χ0v) is 11.2. The van der Waals surface area contributed by atoms with Crippen molar-refractivity contribution in [3.05, 3.63) is 47.3 Å². The van der Waals surface area contributed by atoms with Gasteiger partial charge in [-0.1, -0.05) is 0 Å². The minimum Gasteiger partial charge on any atom is -0.378 e. The summed E-state index contributed by atoms with van der Waals surface area (Å²) in [6.07, 6.45) is 0. The van der Waals surface area contributed by atoms with E-state index in [9.17, 15) is 0 Å². The van der Waals surface area contributed by atoms with Gasteiger partial charge in [0.15, 0.2) is 0 Å². The summed E-state index contributed by atoms with van der Waals surface area (Å²) in [5.74, 6) is 0. The van der Waals surface area contributed by atoms with Gasteiger partial charge in [0.05, 0.1) is 5.56 Å². The van der Waals surface area contributed by atoms with E-state index in [1.54, 1.807) is 0 Å². The molecule has 0 fully saturated rings. The SMILES string of the molecule is Cc1cc(C#N)c(C)n1-c1ccc(N(C)C)cc1. The standard InChI is InChI=1S/C15H17N3/c1-11-9-13(10-16)12(2)18(11)15-7-5-14(6-8-15)17(3)4/h5-9H,1-4H3. The van der Waals surface area contributed by atoms with Crippen LogP contribution in [-0.2, 0) is 0 Å². The van der Waals surface area contributed by atoms with Crippen molar-refractivity contribution in [2.45, 2.75) is 13.8 Å². The molecule has 0 aliphatic carbocycles. The van der Waals surface area contributed by atoms with Crippen LogP contribution in [0.1, 0.15) is 17.0 Å². The van der Waals surface area contributed by atoms with Crippen LogP contribution in [0.3, 0.4) is 0 Å². The zero-order valence-electron chi connectivity index (χ0n) is 11.2. The van der Waals surface area contributed by atoms with Crippen molar-refractivity contribution in [2.24, 2.45) is 0 Å². The van der Waals surface area contributed by atoms with E-state index in [0.29, 0.717) is 0 Å². The molecule has 0 spiro atoms. The summed E-state index contributed by atoms with van der Waals surface area (Å²) in [6.45, 7) is 4.00. The molecule has 3 nitrogen and oxygen atoms in total. The number of benzene rings is 1. The van der Waals surface area contributed by atoms with Crippen LogP contribution in [0.25, 0.3) is 5.69 Å². The number of hydrogen-bond donors (Lipinski definition) is 0. The molecule has 0 atom stereocenters. The lowest BCUT2D eigenvalue weighted by Gasteiger charge is -2.14. The van der Waals surface area contributed by atoms with Gasteiger partial charge >= 0.3 is 0 Å². The van der Waals surface area contributed by atoms with E-state index >= 15 is 0 Å². The maximum absolute atomic E-state index is 9.05. The van der Waals surface area contributed by atoms with Crippen LogP contribution >= 0.6 is 0 Å². The molecule has 2 aromatic rings. The minimum atomic E-state index is 0.740. The first-order valence-electron chi connectivity index (χ1n) is 5.91. The molecule has 0 aliphatic rings. The summed E-state index contributed by atoms with van der Waals surface area (Å²) in [6, 6.07) is 12.5. The van der Waals surface area contributed by atoms with Crippen molar-refractivity contribution in [1.82, 2.24) is 4.57 Å². The van der Waals surface area contributed by atoms with Crippen LogP contribution in [0.15, 0.2) is 30.3 Å². The summed E-state index contributed by atoms with van der Waals surface area (Å²) in [5.41, 5.74) is 5.08. The van der Waals surface area contributed by atoms with E-state index in [-0.39, 0.29) is 0 Å². The summed E-state index contributed by atoms with van der Waals surface area (Å²) in [7, 11) is 4.05. The van der Waals surface area contributed by atoms with Crippen LogP contribution in [0.2, 0.25) is 0 Å². The third-order valence-corrected chi connectivity index (χ3v) is 3.18. The fourth-order valence-electron chi connectivity index (χ4n) is 2.17. The Kier molecular flexibility index (Phi) is 3.12. The van der Waals surface area contributed by atoms with Gasteiger partial charge in [0, 0.05) is 36.9 Å². The number of aryl methyl sites for hydroxylation is 1. The second-order valence-corrected chi connectivity index (χ2v) is 4.64. The minimum absolute atomic E-state index is 0.740. The number of rotatable bonds is 2. The van der Waals surface area contributed by atoms with Gasteiger partial charge in [-0.25, -0.2) is 0 Å². The highest BCUT2D eigenvalue weighted by Crippen LogP contribution is 2.22. The second kappa shape index (κ2) is 4.58. The predicted molar refractivity (Wildman–Crippen MR) is 74.3 cm³/mol. The first-order valence-corrected chi connectivity index (χ1v) is 5.91.